The summed E-state index contributed by atoms with van der Waals surface area (Å²) in [7, 11) is 0. The predicted octanol–water partition coefficient (Wildman–Crippen LogP) is 1.86. The van der Waals surface area contributed by atoms with Crippen molar-refractivity contribution in [2.75, 3.05) is 11.5 Å². The van der Waals surface area contributed by atoms with Crippen LogP contribution in [0.2, 0.25) is 0 Å². The second-order valence-electron chi connectivity index (χ2n) is 3.51. The molecule has 3 N–H and O–H groups in total. The summed E-state index contributed by atoms with van der Waals surface area (Å²) in [6.45, 7) is 0. The van der Waals surface area contributed by atoms with Gasteiger partial charge in [-0.15, -0.1) is 23.5 Å². The molecule has 1 heterocycles. The number of ketones is 1. The second kappa shape index (κ2) is 5.23. The molecule has 1 saturated heterocycles. The predicted molar refractivity (Wildman–Crippen MR) is 70.4 cm³/mol. The van der Waals surface area contributed by atoms with Crippen LogP contribution in [0.1, 0.15) is 16.8 Å². The zero-order valence-electron chi connectivity index (χ0n) is 8.81. The molecular weight excluding hydrogens is 240 g/mol. The van der Waals surface area contributed by atoms with E-state index in [0.717, 1.165) is 17.9 Å². The van der Waals surface area contributed by atoms with E-state index in [2.05, 4.69) is 5.43 Å². The summed E-state index contributed by atoms with van der Waals surface area (Å²) in [4.78, 5) is 12.4. The van der Waals surface area contributed by atoms with E-state index >= 15 is 0 Å². The lowest BCUT2D eigenvalue weighted by Gasteiger charge is -2.33. The summed E-state index contributed by atoms with van der Waals surface area (Å²) < 4.78 is -0.695. The van der Waals surface area contributed by atoms with Gasteiger partial charge in [-0.3, -0.25) is 10.6 Å². The number of rotatable bonds is 3. The van der Waals surface area contributed by atoms with Gasteiger partial charge in [0.15, 0.2) is 4.20 Å². The minimum absolute atomic E-state index is 0.0605. The quantitative estimate of drug-likeness (QED) is 0.490. The molecule has 1 fully saturated rings. The Bertz CT molecular complexity index is 364. The standard InChI is InChI=1S/C11H14N2OS2/c12-13-11(15-7-4-8-16-11)10(14)9-5-2-1-3-6-9/h1-3,5-6,13H,4,7-8,12H2. The smallest absolute Gasteiger partial charge is 0.204 e. The maximum Gasteiger partial charge on any atom is 0.204 e. The maximum atomic E-state index is 12.4. The van der Waals surface area contributed by atoms with Crippen molar-refractivity contribution in [1.82, 2.24) is 5.43 Å². The van der Waals surface area contributed by atoms with E-state index in [1.165, 1.54) is 0 Å². The topological polar surface area (TPSA) is 55.1 Å². The molecule has 0 bridgehead atoms. The fourth-order valence-electron chi connectivity index (χ4n) is 1.59. The van der Waals surface area contributed by atoms with E-state index in [-0.39, 0.29) is 5.78 Å². The van der Waals surface area contributed by atoms with E-state index in [1.807, 2.05) is 30.3 Å². The number of hydrogen-bond acceptors (Lipinski definition) is 5. The Morgan fingerprint density at radius 2 is 1.88 bits per heavy atom. The number of nitrogens with two attached hydrogens (primary N) is 1. The highest BCUT2D eigenvalue weighted by Crippen LogP contribution is 2.41. The lowest BCUT2D eigenvalue weighted by molar-refractivity contribution is 0.0965. The highest BCUT2D eigenvalue weighted by atomic mass is 32.2. The minimum atomic E-state index is -0.695. The van der Waals surface area contributed by atoms with Crippen LogP contribution in [-0.4, -0.2) is 21.5 Å². The van der Waals surface area contributed by atoms with Crippen molar-refractivity contribution in [2.24, 2.45) is 5.84 Å². The summed E-state index contributed by atoms with van der Waals surface area (Å²) in [6, 6.07) is 9.31. The molecule has 2 rings (SSSR count). The highest BCUT2D eigenvalue weighted by Gasteiger charge is 2.40. The van der Waals surface area contributed by atoms with E-state index < -0.39 is 4.20 Å². The van der Waals surface area contributed by atoms with Gasteiger partial charge in [0.05, 0.1) is 0 Å². The molecule has 0 unspecified atom stereocenters. The Balaban J connectivity index is 2.24. The third kappa shape index (κ3) is 2.27. The first-order valence-corrected chi connectivity index (χ1v) is 7.11. The lowest BCUT2D eigenvalue weighted by atomic mass is 10.1. The van der Waals surface area contributed by atoms with Crippen LogP contribution in [0.15, 0.2) is 30.3 Å². The van der Waals surface area contributed by atoms with E-state index in [0.29, 0.717) is 5.56 Å². The molecule has 1 aliphatic heterocycles. The van der Waals surface area contributed by atoms with Crippen LogP contribution in [-0.2, 0) is 0 Å². The fourth-order valence-corrected chi connectivity index (χ4v) is 4.42. The first-order chi connectivity index (χ1) is 7.78. The Kier molecular flexibility index (Phi) is 3.91. The zero-order valence-corrected chi connectivity index (χ0v) is 10.4. The van der Waals surface area contributed by atoms with Gasteiger partial charge in [0, 0.05) is 5.56 Å². The van der Waals surface area contributed by atoms with Gasteiger partial charge in [-0.05, 0) is 17.9 Å². The summed E-state index contributed by atoms with van der Waals surface area (Å²) >= 11 is 3.18. The average molecular weight is 254 g/mol. The van der Waals surface area contributed by atoms with Crippen molar-refractivity contribution >= 4 is 29.3 Å². The van der Waals surface area contributed by atoms with E-state index in [9.17, 15) is 4.79 Å². The average Bonchev–Trinajstić information content (AvgIpc) is 2.39. The van der Waals surface area contributed by atoms with Gasteiger partial charge in [-0.1, -0.05) is 30.3 Å². The number of carbonyl (C=O) groups is 1. The van der Waals surface area contributed by atoms with Crippen LogP contribution in [0, 0.1) is 0 Å². The van der Waals surface area contributed by atoms with Crippen LogP contribution >= 0.6 is 23.5 Å². The highest BCUT2D eigenvalue weighted by molar-refractivity contribution is 8.19. The Morgan fingerprint density at radius 3 is 2.44 bits per heavy atom. The molecule has 0 radical (unpaired) electrons. The molecule has 5 heteroatoms. The van der Waals surface area contributed by atoms with Gasteiger partial charge < -0.3 is 0 Å². The maximum absolute atomic E-state index is 12.4. The summed E-state index contributed by atoms with van der Waals surface area (Å²) in [5.74, 6) is 7.56. The lowest BCUT2D eigenvalue weighted by Crippen LogP contribution is -2.51. The number of carbonyl (C=O) groups excluding carboxylic acids is 1. The molecule has 0 amide bonds. The molecular formula is C11H14N2OS2. The number of nitrogens with one attached hydrogen (secondary N) is 1. The molecule has 3 nitrogen and oxygen atoms in total. The second-order valence-corrected chi connectivity index (χ2v) is 6.38. The zero-order chi connectivity index (χ0) is 11.4. The number of Topliss-reactive ketones (excluding diaryl/α,β-unsaturated/α-hetero) is 1. The van der Waals surface area contributed by atoms with Gasteiger partial charge in [0.25, 0.3) is 0 Å². The first-order valence-electron chi connectivity index (χ1n) is 5.14. The Labute approximate surface area is 104 Å². The first kappa shape index (κ1) is 12.0. The minimum Gasteiger partial charge on any atom is -0.290 e. The molecule has 0 saturated carbocycles. The van der Waals surface area contributed by atoms with Gasteiger partial charge in [-0.25, -0.2) is 5.43 Å². The normalized spacial score (nSPS) is 19.3. The Morgan fingerprint density at radius 1 is 1.25 bits per heavy atom. The van der Waals surface area contributed by atoms with Crippen molar-refractivity contribution in [3.8, 4) is 0 Å². The third-order valence-electron chi connectivity index (χ3n) is 2.42. The SMILES string of the molecule is NNC1(C(=O)c2ccccc2)SCCCS1. The molecule has 16 heavy (non-hydrogen) atoms. The van der Waals surface area contributed by atoms with Crippen LogP contribution in [0.5, 0.6) is 0 Å². The molecule has 0 spiro atoms. The van der Waals surface area contributed by atoms with Crippen molar-refractivity contribution < 1.29 is 4.79 Å². The molecule has 1 aromatic carbocycles. The van der Waals surface area contributed by atoms with Gasteiger partial charge in [-0.2, -0.15) is 0 Å². The Hall–Kier alpha value is -0.490. The van der Waals surface area contributed by atoms with Gasteiger partial charge >= 0.3 is 0 Å². The van der Waals surface area contributed by atoms with E-state index in [1.54, 1.807) is 23.5 Å². The summed E-state index contributed by atoms with van der Waals surface area (Å²) in [5, 5.41) is 0. The summed E-state index contributed by atoms with van der Waals surface area (Å²) in [5.41, 5.74) is 3.40. The van der Waals surface area contributed by atoms with Crippen molar-refractivity contribution in [3.63, 3.8) is 0 Å². The monoisotopic (exact) mass is 254 g/mol. The van der Waals surface area contributed by atoms with Gasteiger partial charge in [0.2, 0.25) is 5.78 Å². The van der Waals surface area contributed by atoms with Gasteiger partial charge in [0.1, 0.15) is 0 Å². The van der Waals surface area contributed by atoms with Crippen LogP contribution in [0.25, 0.3) is 0 Å². The van der Waals surface area contributed by atoms with Crippen molar-refractivity contribution in [3.05, 3.63) is 35.9 Å². The van der Waals surface area contributed by atoms with E-state index in [4.69, 9.17) is 5.84 Å². The largest absolute Gasteiger partial charge is 0.290 e. The van der Waals surface area contributed by atoms with Crippen LogP contribution in [0.4, 0.5) is 0 Å². The number of benzene rings is 1. The van der Waals surface area contributed by atoms with Crippen LogP contribution < -0.4 is 11.3 Å². The number of hydrogen-bond donors (Lipinski definition) is 2. The van der Waals surface area contributed by atoms with Crippen molar-refractivity contribution in [1.29, 1.82) is 0 Å². The molecule has 0 aliphatic carbocycles. The molecule has 0 atom stereocenters. The molecule has 1 aromatic rings. The fraction of sp³-hybridized carbons (Fsp3) is 0.364. The third-order valence-corrected chi connectivity index (χ3v) is 5.54. The molecule has 0 aromatic heterocycles. The number of hydrazine groups is 1. The van der Waals surface area contributed by atoms with Crippen LogP contribution in [0.3, 0.4) is 0 Å². The van der Waals surface area contributed by atoms with Crippen molar-refractivity contribution in [2.45, 2.75) is 10.6 Å². The summed E-state index contributed by atoms with van der Waals surface area (Å²) in [6.07, 6.45) is 1.13. The molecule has 1 aliphatic rings. The molecule has 86 valence electrons. The number of thioether (sulfide) groups is 2.